The van der Waals surface area contributed by atoms with Gasteiger partial charge in [-0.3, -0.25) is 14.0 Å². The topological polar surface area (TPSA) is 60.7 Å². The number of pyridine rings is 1. The van der Waals surface area contributed by atoms with Crippen LogP contribution in [0.15, 0.2) is 53.3 Å². The van der Waals surface area contributed by atoms with Crippen LogP contribution in [0.2, 0.25) is 0 Å². The molecule has 0 unspecified atom stereocenters. The third-order valence-electron chi connectivity index (χ3n) is 3.92. The average molecular weight is 368 g/mol. The first-order valence-electron chi connectivity index (χ1n) is 8.30. The molecule has 0 bridgehead atoms. The number of hydrogen-bond donors (Lipinski definition) is 0. The first-order chi connectivity index (χ1) is 12.5. The van der Waals surface area contributed by atoms with Gasteiger partial charge in [-0.05, 0) is 31.5 Å². The van der Waals surface area contributed by atoms with Crippen LogP contribution in [0, 0.1) is 13.8 Å². The van der Waals surface area contributed by atoms with Crippen LogP contribution < -0.4 is 5.56 Å². The maximum absolute atomic E-state index is 12.2. The molecule has 26 heavy (non-hydrogen) atoms. The van der Waals surface area contributed by atoms with Crippen LogP contribution in [0.4, 0.5) is 0 Å². The first kappa shape index (κ1) is 18.2. The third kappa shape index (κ3) is 4.52. The highest BCUT2D eigenvalue weighted by molar-refractivity contribution is 7.99. The smallest absolute Gasteiger partial charge is 0.316 e. The van der Waals surface area contributed by atoms with Crippen LogP contribution >= 0.6 is 11.8 Å². The quantitative estimate of drug-likeness (QED) is 0.625. The number of aromatic nitrogens is 2. The summed E-state index contributed by atoms with van der Waals surface area (Å²) in [4.78, 5) is 28.5. The van der Waals surface area contributed by atoms with E-state index >= 15 is 0 Å². The lowest BCUT2D eigenvalue weighted by molar-refractivity contribution is -0.141. The number of esters is 1. The van der Waals surface area contributed by atoms with E-state index in [0.717, 1.165) is 11.4 Å². The Morgan fingerprint density at radius 2 is 1.92 bits per heavy atom. The number of nitrogens with zero attached hydrogens (tertiary/aromatic N) is 2. The number of ether oxygens (including phenoxy) is 1. The SMILES string of the molecule is Cc1ccc(CSCC(=O)OCc2cc(=O)n3c(C)cccc3n2)cc1. The lowest BCUT2D eigenvalue weighted by Crippen LogP contribution is -2.18. The van der Waals surface area contributed by atoms with Gasteiger partial charge in [0.25, 0.3) is 5.56 Å². The summed E-state index contributed by atoms with van der Waals surface area (Å²) in [6.45, 7) is 3.90. The van der Waals surface area contributed by atoms with Gasteiger partial charge >= 0.3 is 5.97 Å². The van der Waals surface area contributed by atoms with Crippen molar-refractivity contribution in [2.75, 3.05) is 5.75 Å². The molecule has 2 heterocycles. The van der Waals surface area contributed by atoms with Crippen molar-refractivity contribution in [1.29, 1.82) is 0 Å². The second kappa shape index (κ2) is 8.19. The number of thioether (sulfide) groups is 1. The second-order valence-corrected chi connectivity index (χ2v) is 7.07. The summed E-state index contributed by atoms with van der Waals surface area (Å²) in [6.07, 6.45) is 0. The molecule has 0 saturated carbocycles. The summed E-state index contributed by atoms with van der Waals surface area (Å²) in [5.74, 6) is 0.706. The van der Waals surface area contributed by atoms with Crippen LogP contribution in [-0.2, 0) is 21.9 Å². The van der Waals surface area contributed by atoms with Crippen LogP contribution in [0.3, 0.4) is 0 Å². The highest BCUT2D eigenvalue weighted by Gasteiger charge is 2.08. The van der Waals surface area contributed by atoms with Crippen molar-refractivity contribution in [3.05, 3.63) is 81.4 Å². The molecule has 2 aromatic heterocycles. The van der Waals surface area contributed by atoms with Crippen molar-refractivity contribution in [2.24, 2.45) is 0 Å². The lowest BCUT2D eigenvalue weighted by Gasteiger charge is -2.07. The second-order valence-electron chi connectivity index (χ2n) is 6.09. The van der Waals surface area contributed by atoms with E-state index in [9.17, 15) is 9.59 Å². The van der Waals surface area contributed by atoms with Gasteiger partial charge in [-0.1, -0.05) is 35.9 Å². The number of benzene rings is 1. The molecule has 5 nitrogen and oxygen atoms in total. The Morgan fingerprint density at radius 3 is 2.69 bits per heavy atom. The van der Waals surface area contributed by atoms with Gasteiger partial charge in [0.1, 0.15) is 12.3 Å². The number of rotatable bonds is 6. The molecular weight excluding hydrogens is 348 g/mol. The minimum atomic E-state index is -0.312. The van der Waals surface area contributed by atoms with Crippen molar-refractivity contribution >= 4 is 23.4 Å². The van der Waals surface area contributed by atoms with E-state index < -0.39 is 0 Å². The highest BCUT2D eigenvalue weighted by Crippen LogP contribution is 2.13. The van der Waals surface area contributed by atoms with E-state index in [4.69, 9.17) is 4.74 Å². The summed E-state index contributed by atoms with van der Waals surface area (Å²) >= 11 is 1.50. The molecule has 1 aromatic carbocycles. The Kier molecular flexibility index (Phi) is 5.73. The number of carbonyl (C=O) groups excluding carboxylic acids is 1. The summed E-state index contributed by atoms with van der Waals surface area (Å²) in [6, 6.07) is 15.1. The zero-order valence-electron chi connectivity index (χ0n) is 14.8. The zero-order chi connectivity index (χ0) is 18.5. The molecule has 0 saturated heterocycles. The predicted molar refractivity (Wildman–Crippen MR) is 103 cm³/mol. The van der Waals surface area contributed by atoms with Crippen LogP contribution in [0.5, 0.6) is 0 Å². The normalized spacial score (nSPS) is 10.8. The number of hydrogen-bond acceptors (Lipinski definition) is 5. The molecule has 0 aliphatic carbocycles. The summed E-state index contributed by atoms with van der Waals surface area (Å²) in [5.41, 5.74) is 4.04. The summed E-state index contributed by atoms with van der Waals surface area (Å²) in [5, 5.41) is 0. The van der Waals surface area contributed by atoms with Crippen molar-refractivity contribution < 1.29 is 9.53 Å². The van der Waals surface area contributed by atoms with Crippen LogP contribution in [0.1, 0.15) is 22.5 Å². The molecular formula is C20H20N2O3S. The number of carbonyl (C=O) groups is 1. The lowest BCUT2D eigenvalue weighted by atomic mass is 10.2. The van der Waals surface area contributed by atoms with Gasteiger partial charge in [-0.25, -0.2) is 4.98 Å². The van der Waals surface area contributed by atoms with Gasteiger partial charge in [0.2, 0.25) is 0 Å². The molecule has 0 atom stereocenters. The van der Waals surface area contributed by atoms with E-state index in [1.807, 2.05) is 26.0 Å². The minimum Gasteiger partial charge on any atom is -0.459 e. The fourth-order valence-electron chi connectivity index (χ4n) is 2.57. The highest BCUT2D eigenvalue weighted by atomic mass is 32.2. The largest absolute Gasteiger partial charge is 0.459 e. The molecule has 6 heteroatoms. The van der Waals surface area contributed by atoms with Crippen molar-refractivity contribution in [3.8, 4) is 0 Å². The molecule has 0 fully saturated rings. The van der Waals surface area contributed by atoms with E-state index in [2.05, 4.69) is 29.2 Å². The Labute approximate surface area is 156 Å². The fraction of sp³-hybridized carbons (Fsp3) is 0.250. The zero-order valence-corrected chi connectivity index (χ0v) is 15.6. The van der Waals surface area contributed by atoms with Gasteiger partial charge in [0.15, 0.2) is 0 Å². The average Bonchev–Trinajstić information content (AvgIpc) is 2.61. The minimum absolute atomic E-state index is 0.00358. The van der Waals surface area contributed by atoms with Crippen molar-refractivity contribution in [3.63, 3.8) is 0 Å². The Bertz CT molecular complexity index is 981. The fourth-order valence-corrected chi connectivity index (χ4v) is 3.35. The molecule has 0 aliphatic heterocycles. The molecule has 3 aromatic rings. The van der Waals surface area contributed by atoms with Gasteiger partial charge in [0, 0.05) is 17.5 Å². The Hall–Kier alpha value is -2.60. The Balaban J connectivity index is 1.53. The first-order valence-corrected chi connectivity index (χ1v) is 9.45. The van der Waals surface area contributed by atoms with Crippen molar-refractivity contribution in [1.82, 2.24) is 9.38 Å². The molecule has 134 valence electrons. The van der Waals surface area contributed by atoms with Crippen LogP contribution in [-0.4, -0.2) is 21.1 Å². The molecule has 0 amide bonds. The third-order valence-corrected chi connectivity index (χ3v) is 4.90. The summed E-state index contributed by atoms with van der Waals surface area (Å²) < 4.78 is 6.78. The summed E-state index contributed by atoms with van der Waals surface area (Å²) in [7, 11) is 0. The molecule has 0 spiro atoms. The van der Waals surface area contributed by atoms with Gasteiger partial charge in [-0.15, -0.1) is 11.8 Å². The van der Waals surface area contributed by atoms with E-state index in [1.165, 1.54) is 33.4 Å². The monoisotopic (exact) mass is 368 g/mol. The number of fused-ring (bicyclic) bond motifs is 1. The van der Waals surface area contributed by atoms with Crippen molar-refractivity contribution in [2.45, 2.75) is 26.2 Å². The van der Waals surface area contributed by atoms with Gasteiger partial charge in [-0.2, -0.15) is 0 Å². The Morgan fingerprint density at radius 1 is 1.15 bits per heavy atom. The molecule has 0 aliphatic rings. The van der Waals surface area contributed by atoms with E-state index in [1.54, 1.807) is 6.07 Å². The van der Waals surface area contributed by atoms with E-state index in [0.29, 0.717) is 11.3 Å². The predicted octanol–water partition coefficient (Wildman–Crippen LogP) is 3.29. The van der Waals surface area contributed by atoms with Crippen LogP contribution in [0.25, 0.3) is 5.65 Å². The molecule has 0 radical (unpaired) electrons. The molecule has 3 rings (SSSR count). The molecule has 0 N–H and O–H groups in total. The van der Waals surface area contributed by atoms with Gasteiger partial charge < -0.3 is 4.74 Å². The number of aryl methyl sites for hydroxylation is 2. The maximum Gasteiger partial charge on any atom is 0.316 e. The van der Waals surface area contributed by atoms with Gasteiger partial charge in [0.05, 0.1) is 11.4 Å². The van der Waals surface area contributed by atoms with E-state index in [-0.39, 0.29) is 23.9 Å². The standard InChI is InChI=1S/C20H20N2O3S/c1-14-6-8-16(9-7-14)12-26-13-20(24)25-11-17-10-19(23)22-15(2)4-3-5-18(22)21-17/h3-10H,11-13H2,1-2H3. The maximum atomic E-state index is 12.2.